The van der Waals surface area contributed by atoms with Crippen LogP contribution < -0.4 is 9.81 Å². The van der Waals surface area contributed by atoms with Crippen LogP contribution in [0.15, 0.2) is 155 Å². The fourth-order valence-electron chi connectivity index (χ4n) is 9.44. The first kappa shape index (κ1) is 41.1. The van der Waals surface area contributed by atoms with Crippen LogP contribution in [0.2, 0.25) is 5.02 Å². The van der Waals surface area contributed by atoms with Gasteiger partial charge in [0.15, 0.2) is 0 Å². The zero-order valence-electron chi connectivity index (χ0n) is 32.7. The Kier molecular flexibility index (Phi) is 11.2. The summed E-state index contributed by atoms with van der Waals surface area (Å²) in [4.78, 5) is 0. The molecule has 6 aromatic carbocycles. The number of benzene rings is 6. The van der Waals surface area contributed by atoms with Crippen LogP contribution in [0.1, 0.15) is 70.2 Å². The molecule has 55 heavy (non-hydrogen) atoms. The molecule has 0 saturated heterocycles. The summed E-state index contributed by atoms with van der Waals surface area (Å²) >= 11 is 1.86. The Bertz CT molecular complexity index is 2510. The summed E-state index contributed by atoms with van der Waals surface area (Å²) in [6, 6.07) is 49.8. The average molecular weight is 862 g/mol. The molecule has 0 N–H and O–H groups in total. The Morgan fingerprint density at radius 2 is 1.15 bits per heavy atom. The summed E-state index contributed by atoms with van der Waals surface area (Å²) in [5, 5.41) is 0.754. The van der Waals surface area contributed by atoms with Crippen LogP contribution >= 0.6 is 36.4 Å². The molecule has 2 aliphatic carbocycles. The molecule has 4 heteroatoms. The zero-order chi connectivity index (χ0) is 37.2. The van der Waals surface area contributed by atoms with Gasteiger partial charge in [0.25, 0.3) is 0 Å². The quantitative estimate of drug-likeness (QED) is 0.156. The van der Waals surface area contributed by atoms with Gasteiger partial charge in [-0.05, 0) is 0 Å². The van der Waals surface area contributed by atoms with Crippen molar-refractivity contribution in [1.82, 2.24) is 0 Å². The summed E-state index contributed by atoms with van der Waals surface area (Å²) in [6.45, 7) is 14.2. The van der Waals surface area contributed by atoms with Gasteiger partial charge in [-0.15, -0.1) is 24.8 Å². The molecule has 0 unspecified atom stereocenters. The van der Waals surface area contributed by atoms with Crippen LogP contribution in [0, 0.1) is 0 Å². The fraction of sp³-hybridized carbons (Fsp3) is 0.196. The van der Waals surface area contributed by atoms with Gasteiger partial charge in [0.2, 0.25) is 0 Å². The van der Waals surface area contributed by atoms with Gasteiger partial charge in [0.05, 0.1) is 0 Å². The average Bonchev–Trinajstić information content (AvgIpc) is 3.83. The van der Waals surface area contributed by atoms with E-state index in [2.05, 4.69) is 187 Å². The second kappa shape index (κ2) is 15.1. The predicted octanol–water partition coefficient (Wildman–Crippen LogP) is 12.9. The molecule has 0 heterocycles. The number of hydrogen-bond acceptors (Lipinski definition) is 0. The SMILES string of the molecule is Cl.Cl.[CH2]=[Zr]([C]1=CC=CC1)([c]1ccccc1)([c]1cccc(Cl)c1)[c]1c2c(cc(C(C)(C)C)c1-c1ccccc1)-c1cc(C(C)(C)C)c(-c3ccccc3)cc1C2. The third-order valence-electron chi connectivity index (χ3n) is 12.0. The van der Waals surface area contributed by atoms with E-state index in [1.54, 1.807) is 0 Å². The molecule has 0 amide bonds. The van der Waals surface area contributed by atoms with Crippen molar-refractivity contribution in [2.45, 2.75) is 65.2 Å². The first-order valence-corrected chi connectivity index (χ1v) is 26.0. The minimum atomic E-state index is -5.20. The van der Waals surface area contributed by atoms with Crippen LogP contribution in [0.25, 0.3) is 33.4 Å². The topological polar surface area (TPSA) is 0 Å². The van der Waals surface area contributed by atoms with Crippen molar-refractivity contribution in [1.29, 1.82) is 0 Å². The summed E-state index contributed by atoms with van der Waals surface area (Å²) in [5.41, 5.74) is 13.3. The Hall–Kier alpha value is -3.58. The van der Waals surface area contributed by atoms with Crippen molar-refractivity contribution in [2.24, 2.45) is 0 Å². The molecule has 0 spiro atoms. The molecule has 8 rings (SSSR count). The van der Waals surface area contributed by atoms with E-state index >= 15 is 0 Å². The Labute approximate surface area is 346 Å². The van der Waals surface area contributed by atoms with Crippen molar-refractivity contribution in [3.63, 3.8) is 0 Å². The van der Waals surface area contributed by atoms with Gasteiger partial charge in [0.1, 0.15) is 0 Å². The molecule has 0 atom stereocenters. The fourth-order valence-corrected chi connectivity index (χ4v) is 26.1. The van der Waals surface area contributed by atoms with E-state index in [0.29, 0.717) is 0 Å². The van der Waals surface area contributed by atoms with Crippen LogP contribution in [0.5, 0.6) is 0 Å². The predicted molar refractivity (Wildman–Crippen MR) is 243 cm³/mol. The molecule has 2 aliphatic rings. The molecule has 0 fully saturated rings. The zero-order valence-corrected chi connectivity index (χ0v) is 37.6. The van der Waals surface area contributed by atoms with Crippen molar-refractivity contribution in [3.8, 4) is 33.4 Å². The molecule has 280 valence electrons. The van der Waals surface area contributed by atoms with E-state index in [9.17, 15) is 0 Å². The normalized spacial score (nSPS) is 13.7. The summed E-state index contributed by atoms with van der Waals surface area (Å²) in [7, 11) is 0. The molecule has 0 radical (unpaired) electrons. The van der Waals surface area contributed by atoms with Gasteiger partial charge < -0.3 is 0 Å². The standard InChI is InChI=1S/C33H33.C6H4Cl.C6H5.C5H5.CH2.2ClH.Zr/c1-32(2,3)30-20-26-24(18-28(30)22-13-9-7-10-14-22)17-25-19-29(23-15-11-8-12-16-23)31(21-27(25)26)33(4,5)6;7-6-4-2-1-3-5-6;1-2-4-6-5-3-1;1-2-4-5-3-1;;;;/h7-16,18,20-21H,17H2,1-6H3;1-2,4-5H;1-5H;1-3H,4H2;1H2;2*1H;. The molecule has 0 bridgehead atoms. The number of halogens is 3. The second-order valence-corrected chi connectivity index (χ2v) is 30.6. The second-order valence-electron chi connectivity index (χ2n) is 17.3. The third-order valence-corrected chi connectivity index (χ3v) is 28.6. The number of allylic oxidation sites excluding steroid dienone is 4. The molecule has 0 aromatic heterocycles. The first-order valence-electron chi connectivity index (χ1n) is 19.0. The van der Waals surface area contributed by atoms with Gasteiger partial charge in [-0.25, -0.2) is 0 Å². The van der Waals surface area contributed by atoms with Crippen molar-refractivity contribution >= 4 is 50.4 Å². The van der Waals surface area contributed by atoms with Crippen molar-refractivity contribution in [3.05, 3.63) is 182 Å². The number of rotatable bonds is 6. The van der Waals surface area contributed by atoms with Crippen LogP contribution in [-0.2, 0) is 35.5 Å². The van der Waals surface area contributed by atoms with E-state index in [-0.39, 0.29) is 35.6 Å². The Morgan fingerprint density at radius 1 is 0.582 bits per heavy atom. The summed E-state index contributed by atoms with van der Waals surface area (Å²) in [6.07, 6.45) is 8.71. The van der Waals surface area contributed by atoms with Gasteiger partial charge in [0, 0.05) is 0 Å². The van der Waals surface area contributed by atoms with E-state index in [1.807, 2.05) is 6.07 Å². The third kappa shape index (κ3) is 6.64. The van der Waals surface area contributed by atoms with E-state index in [0.717, 1.165) is 17.9 Å². The molecular weight excluding hydrogens is 810 g/mol. The molecule has 6 aromatic rings. The maximum absolute atomic E-state index is 7.05. The van der Waals surface area contributed by atoms with Crippen molar-refractivity contribution < 1.29 is 18.3 Å². The minimum absolute atomic E-state index is 0. The number of hydrogen-bond donors (Lipinski definition) is 0. The van der Waals surface area contributed by atoms with Gasteiger partial charge in [-0.1, -0.05) is 0 Å². The van der Waals surface area contributed by atoms with Crippen LogP contribution in [-0.4, -0.2) is 4.21 Å². The van der Waals surface area contributed by atoms with E-state index < -0.39 is 18.3 Å². The summed E-state index contributed by atoms with van der Waals surface area (Å²) < 4.78 is 11.4. The van der Waals surface area contributed by atoms with Gasteiger partial charge >= 0.3 is 325 Å². The van der Waals surface area contributed by atoms with Gasteiger partial charge in [-0.3, -0.25) is 0 Å². The summed E-state index contributed by atoms with van der Waals surface area (Å²) in [5.74, 6) is 0. The van der Waals surface area contributed by atoms with Crippen LogP contribution in [0.3, 0.4) is 0 Å². The monoisotopic (exact) mass is 858 g/mol. The number of fused-ring (bicyclic) bond motifs is 3. The molecule has 0 aliphatic heterocycles. The van der Waals surface area contributed by atoms with E-state index in [1.165, 1.54) is 68.7 Å². The van der Waals surface area contributed by atoms with Crippen molar-refractivity contribution in [2.75, 3.05) is 0 Å². The van der Waals surface area contributed by atoms with E-state index in [4.69, 9.17) is 15.8 Å². The maximum atomic E-state index is 7.05. The molecular formula is C51H51Cl3Zr. The molecule has 0 saturated carbocycles. The molecule has 0 nitrogen and oxygen atoms in total. The first-order chi connectivity index (χ1) is 25.3. The van der Waals surface area contributed by atoms with Crippen LogP contribution in [0.4, 0.5) is 0 Å². The van der Waals surface area contributed by atoms with Gasteiger partial charge in [-0.2, -0.15) is 0 Å². The Balaban J connectivity index is 0.00000257. The Morgan fingerprint density at radius 3 is 1.71 bits per heavy atom.